The van der Waals surface area contributed by atoms with Crippen molar-refractivity contribution in [1.82, 2.24) is 9.73 Å². The number of benzene rings is 3. The first-order valence-corrected chi connectivity index (χ1v) is 12.0. The Kier molecular flexibility index (Phi) is 8.78. The Balaban J connectivity index is 1.74. The Hall–Kier alpha value is -3.69. The number of ether oxygens (including phenoxy) is 2. The minimum absolute atomic E-state index is 0.125. The summed E-state index contributed by atoms with van der Waals surface area (Å²) >= 11 is 0. The normalized spacial score (nSPS) is 11.5. The van der Waals surface area contributed by atoms with E-state index in [2.05, 4.69) is 10.5 Å². The molecule has 8 nitrogen and oxygen atoms in total. The summed E-state index contributed by atoms with van der Waals surface area (Å²) in [6.45, 7) is -0.237. The van der Waals surface area contributed by atoms with Gasteiger partial charge in [0.1, 0.15) is 0 Å². The minimum Gasteiger partial charge on any atom is -0.493 e. The Morgan fingerprint density at radius 1 is 0.941 bits per heavy atom. The summed E-state index contributed by atoms with van der Waals surface area (Å²) in [5.74, 6) is 0.434. The summed E-state index contributed by atoms with van der Waals surface area (Å²) in [5.41, 5.74) is 3.97. The van der Waals surface area contributed by atoms with Crippen LogP contribution >= 0.6 is 0 Å². The number of hydrogen-bond donors (Lipinski definition) is 1. The molecule has 3 rings (SSSR count). The third-order valence-corrected chi connectivity index (χ3v) is 6.88. The number of methoxy groups -OCH3 is 2. The van der Waals surface area contributed by atoms with Gasteiger partial charge < -0.3 is 9.47 Å². The predicted octanol–water partition coefficient (Wildman–Crippen LogP) is 3.09. The maximum absolute atomic E-state index is 13.2. The maximum atomic E-state index is 13.2. The molecule has 0 radical (unpaired) electrons. The van der Waals surface area contributed by atoms with E-state index in [1.54, 1.807) is 36.4 Å². The molecule has 1 N–H and O–H groups in total. The third-order valence-electron chi connectivity index (χ3n) is 5.02. The summed E-state index contributed by atoms with van der Waals surface area (Å²) in [7, 11) is -0.847. The molecule has 3 aromatic carbocycles. The molecule has 0 aliphatic rings. The van der Waals surface area contributed by atoms with Crippen molar-refractivity contribution < 1.29 is 22.7 Å². The second-order valence-corrected chi connectivity index (χ2v) is 9.20. The second kappa shape index (κ2) is 12.0. The topological polar surface area (TPSA) is 97.3 Å². The van der Waals surface area contributed by atoms with E-state index < -0.39 is 15.9 Å². The average Bonchev–Trinajstić information content (AvgIpc) is 2.87. The monoisotopic (exact) mass is 481 g/mol. The first-order chi connectivity index (χ1) is 16.5. The van der Waals surface area contributed by atoms with E-state index in [0.717, 1.165) is 9.87 Å². The largest absolute Gasteiger partial charge is 0.493 e. The maximum Gasteiger partial charge on any atom is 0.255 e. The molecule has 0 aliphatic carbocycles. The number of carbonyl (C=O) groups excluding carboxylic acids is 1. The highest BCUT2D eigenvalue weighted by Crippen LogP contribution is 2.29. The first-order valence-electron chi connectivity index (χ1n) is 10.6. The average molecular weight is 482 g/mol. The number of hydrogen-bond acceptors (Lipinski definition) is 6. The zero-order valence-electron chi connectivity index (χ0n) is 19.0. The van der Waals surface area contributed by atoms with Crippen molar-refractivity contribution in [3.8, 4) is 11.5 Å². The fourth-order valence-electron chi connectivity index (χ4n) is 3.31. The van der Waals surface area contributed by atoms with Gasteiger partial charge in [-0.25, -0.2) is 13.8 Å². The van der Waals surface area contributed by atoms with Crippen LogP contribution in [-0.4, -0.2) is 52.2 Å². The van der Waals surface area contributed by atoms with E-state index in [4.69, 9.17) is 9.47 Å². The fourth-order valence-corrected chi connectivity index (χ4v) is 4.73. The third kappa shape index (κ3) is 6.43. The summed E-state index contributed by atoms with van der Waals surface area (Å²) < 4.78 is 38.2. The number of para-hydroxylation sites is 1. The van der Waals surface area contributed by atoms with Crippen LogP contribution in [0.15, 0.2) is 88.9 Å². The van der Waals surface area contributed by atoms with Crippen LogP contribution in [-0.2, 0) is 21.2 Å². The van der Waals surface area contributed by atoms with Gasteiger partial charge in [0.2, 0.25) is 10.0 Å². The standard InChI is InChI=1S/C25H27N3O5S/c1-32-23-15-9-12-21(25(23)33-2)18-26-27-24(29)19-28(17-16-20-10-5-3-6-11-20)34(30,31)22-13-7-4-8-14-22/h3-15,18H,16-17,19H2,1-2H3,(H,27,29)/b26-18+. The second-order valence-electron chi connectivity index (χ2n) is 7.26. The van der Waals surface area contributed by atoms with E-state index in [1.165, 1.54) is 32.6 Å². The van der Waals surface area contributed by atoms with Crippen molar-refractivity contribution in [3.63, 3.8) is 0 Å². The molecule has 0 bridgehead atoms. The molecule has 0 saturated heterocycles. The highest BCUT2D eigenvalue weighted by molar-refractivity contribution is 7.89. The molecule has 178 valence electrons. The summed E-state index contributed by atoms with van der Waals surface area (Å²) in [4.78, 5) is 12.7. The highest BCUT2D eigenvalue weighted by atomic mass is 32.2. The van der Waals surface area contributed by atoms with E-state index in [1.807, 2.05) is 30.3 Å². The van der Waals surface area contributed by atoms with Crippen LogP contribution in [0.2, 0.25) is 0 Å². The Bertz CT molecular complexity index is 1220. The molecular weight excluding hydrogens is 454 g/mol. The molecule has 0 spiro atoms. The molecule has 0 saturated carbocycles. The summed E-state index contributed by atoms with van der Waals surface area (Å²) in [6, 6.07) is 22.8. The fraction of sp³-hybridized carbons (Fsp3) is 0.200. The number of nitrogens with zero attached hydrogens (tertiary/aromatic N) is 2. The molecule has 0 atom stereocenters. The van der Waals surface area contributed by atoms with Crippen molar-refractivity contribution in [3.05, 3.63) is 90.0 Å². The van der Waals surface area contributed by atoms with Crippen LogP contribution in [0.5, 0.6) is 11.5 Å². The first kappa shape index (κ1) is 24.9. The lowest BCUT2D eigenvalue weighted by Gasteiger charge is -2.21. The van der Waals surface area contributed by atoms with E-state index in [9.17, 15) is 13.2 Å². The number of amides is 1. The van der Waals surface area contributed by atoms with Gasteiger partial charge in [0.15, 0.2) is 11.5 Å². The van der Waals surface area contributed by atoms with Crippen molar-refractivity contribution in [2.45, 2.75) is 11.3 Å². The number of carbonyl (C=O) groups is 1. The molecular formula is C25H27N3O5S. The van der Waals surface area contributed by atoms with Gasteiger partial charge in [0.05, 0.1) is 31.9 Å². The van der Waals surface area contributed by atoms with Crippen molar-refractivity contribution in [1.29, 1.82) is 0 Å². The van der Waals surface area contributed by atoms with Gasteiger partial charge in [-0.1, -0.05) is 54.6 Å². The molecule has 0 unspecified atom stereocenters. The molecule has 0 fully saturated rings. The van der Waals surface area contributed by atoms with Crippen molar-refractivity contribution in [2.75, 3.05) is 27.3 Å². The Labute approximate surface area is 199 Å². The molecule has 0 aromatic heterocycles. The van der Waals surface area contributed by atoms with E-state index in [0.29, 0.717) is 23.5 Å². The van der Waals surface area contributed by atoms with Gasteiger partial charge in [-0.05, 0) is 36.2 Å². The smallest absolute Gasteiger partial charge is 0.255 e. The van der Waals surface area contributed by atoms with Crippen LogP contribution in [0, 0.1) is 0 Å². The number of nitrogens with one attached hydrogen (secondary N) is 1. The Morgan fingerprint density at radius 3 is 2.26 bits per heavy atom. The van der Waals surface area contributed by atoms with Crippen LogP contribution in [0.25, 0.3) is 0 Å². The van der Waals surface area contributed by atoms with Gasteiger partial charge in [-0.3, -0.25) is 4.79 Å². The zero-order valence-corrected chi connectivity index (χ0v) is 19.9. The molecule has 1 amide bonds. The van der Waals surface area contributed by atoms with Crippen LogP contribution < -0.4 is 14.9 Å². The molecule has 0 heterocycles. The van der Waals surface area contributed by atoms with Crippen molar-refractivity contribution >= 4 is 22.1 Å². The lowest BCUT2D eigenvalue weighted by atomic mass is 10.1. The molecule has 3 aromatic rings. The summed E-state index contributed by atoms with van der Waals surface area (Å²) in [6.07, 6.45) is 1.88. The zero-order chi connectivity index (χ0) is 24.4. The van der Waals surface area contributed by atoms with E-state index >= 15 is 0 Å². The van der Waals surface area contributed by atoms with Crippen LogP contribution in [0.1, 0.15) is 11.1 Å². The van der Waals surface area contributed by atoms with Crippen LogP contribution in [0.3, 0.4) is 0 Å². The van der Waals surface area contributed by atoms with Gasteiger partial charge in [-0.15, -0.1) is 0 Å². The van der Waals surface area contributed by atoms with Crippen molar-refractivity contribution in [2.24, 2.45) is 5.10 Å². The lowest BCUT2D eigenvalue weighted by Crippen LogP contribution is -2.40. The molecule has 9 heteroatoms. The number of hydrazone groups is 1. The predicted molar refractivity (Wildman–Crippen MR) is 131 cm³/mol. The van der Waals surface area contributed by atoms with Gasteiger partial charge >= 0.3 is 0 Å². The van der Waals surface area contributed by atoms with Gasteiger partial charge in [0, 0.05) is 12.1 Å². The lowest BCUT2D eigenvalue weighted by molar-refractivity contribution is -0.121. The van der Waals surface area contributed by atoms with Crippen LogP contribution in [0.4, 0.5) is 0 Å². The number of sulfonamides is 1. The molecule has 34 heavy (non-hydrogen) atoms. The highest BCUT2D eigenvalue weighted by Gasteiger charge is 2.26. The quantitative estimate of drug-likeness (QED) is 0.335. The number of rotatable bonds is 11. The van der Waals surface area contributed by atoms with Gasteiger partial charge in [0.25, 0.3) is 5.91 Å². The molecule has 0 aliphatic heterocycles. The Morgan fingerprint density at radius 2 is 1.62 bits per heavy atom. The SMILES string of the molecule is COc1cccc(/C=N/NC(=O)CN(CCc2ccccc2)S(=O)(=O)c2ccccc2)c1OC. The van der Waals surface area contributed by atoms with Gasteiger partial charge in [-0.2, -0.15) is 9.41 Å². The summed E-state index contributed by atoms with van der Waals surface area (Å²) in [5, 5.41) is 3.97. The van der Waals surface area contributed by atoms with E-state index in [-0.39, 0.29) is 18.0 Å². The minimum atomic E-state index is -3.88.